The Balaban J connectivity index is 1.76. The zero-order chi connectivity index (χ0) is 27.4. The molecule has 2 heterocycles. The molecule has 3 aromatic rings. The number of nitrogens with one attached hydrogen (secondary N) is 1. The Bertz CT molecular complexity index is 1380. The summed E-state index contributed by atoms with van der Waals surface area (Å²) < 4.78 is 26.9. The van der Waals surface area contributed by atoms with Crippen molar-refractivity contribution in [3.63, 3.8) is 0 Å². The van der Waals surface area contributed by atoms with Crippen LogP contribution in [0.15, 0.2) is 48.5 Å². The fourth-order valence-corrected chi connectivity index (χ4v) is 6.13. The number of hydrogen-bond acceptors (Lipinski definition) is 4. The van der Waals surface area contributed by atoms with Crippen LogP contribution >= 0.6 is 0 Å². The van der Waals surface area contributed by atoms with Crippen molar-refractivity contribution in [3.05, 3.63) is 87.6 Å². The summed E-state index contributed by atoms with van der Waals surface area (Å²) >= 11 is 0. The largest absolute Gasteiger partial charge is 0.292 e. The minimum Gasteiger partial charge on any atom is -0.292 e. The van der Waals surface area contributed by atoms with Gasteiger partial charge in [0.05, 0.1) is 11.9 Å². The van der Waals surface area contributed by atoms with E-state index in [0.717, 1.165) is 66.9 Å². The number of rotatable bonds is 10. The van der Waals surface area contributed by atoms with Crippen molar-refractivity contribution in [2.45, 2.75) is 79.4 Å². The van der Waals surface area contributed by atoms with E-state index >= 15 is 0 Å². The maximum absolute atomic E-state index is 12.1. The fraction of sp³-hybridized carbons (Fsp3) is 0.469. The van der Waals surface area contributed by atoms with Gasteiger partial charge in [-0.2, -0.15) is 0 Å². The second-order valence-corrected chi connectivity index (χ2v) is 12.9. The summed E-state index contributed by atoms with van der Waals surface area (Å²) in [6.07, 6.45) is 5.25. The summed E-state index contributed by atoms with van der Waals surface area (Å²) in [5.41, 5.74) is 10.6. The first-order valence-corrected chi connectivity index (χ1v) is 15.9. The van der Waals surface area contributed by atoms with Gasteiger partial charge in [0.15, 0.2) is 0 Å². The SMILES string of the molecule is CCc1ccc(-c2cc(CNS(C)(=O)=O)c(CN3CCc4ccccc4C3CC(C)C)c(C)n2)c(CC)c1. The summed E-state index contributed by atoms with van der Waals surface area (Å²) in [7, 11) is -3.33. The average molecular weight is 534 g/mol. The number of nitrogens with zero attached hydrogens (tertiary/aromatic N) is 2. The van der Waals surface area contributed by atoms with Gasteiger partial charge in [-0.15, -0.1) is 0 Å². The van der Waals surface area contributed by atoms with E-state index in [1.807, 2.05) is 0 Å². The van der Waals surface area contributed by atoms with Gasteiger partial charge in [0.2, 0.25) is 10.0 Å². The number of aromatic nitrogens is 1. The summed E-state index contributed by atoms with van der Waals surface area (Å²) in [4.78, 5) is 7.68. The van der Waals surface area contributed by atoms with Crippen molar-refractivity contribution < 1.29 is 8.42 Å². The Kier molecular flexibility index (Phi) is 9.07. The van der Waals surface area contributed by atoms with E-state index in [1.54, 1.807) is 0 Å². The van der Waals surface area contributed by atoms with E-state index in [4.69, 9.17) is 4.98 Å². The van der Waals surface area contributed by atoms with Crippen molar-refractivity contribution in [2.24, 2.45) is 5.92 Å². The van der Waals surface area contributed by atoms with Crippen LogP contribution in [0.4, 0.5) is 0 Å². The molecule has 204 valence electrons. The number of sulfonamides is 1. The van der Waals surface area contributed by atoms with Gasteiger partial charge in [-0.3, -0.25) is 9.88 Å². The number of fused-ring (bicyclic) bond motifs is 1. The van der Waals surface area contributed by atoms with E-state index in [9.17, 15) is 8.42 Å². The fourth-order valence-electron chi connectivity index (χ4n) is 5.71. The van der Waals surface area contributed by atoms with Crippen LogP contribution in [0.3, 0.4) is 0 Å². The van der Waals surface area contributed by atoms with Crippen LogP contribution in [0.2, 0.25) is 0 Å². The Morgan fingerprint density at radius 2 is 1.82 bits per heavy atom. The van der Waals surface area contributed by atoms with E-state index in [1.165, 1.54) is 28.5 Å². The third-order valence-electron chi connectivity index (χ3n) is 7.76. The third kappa shape index (κ3) is 6.71. The van der Waals surface area contributed by atoms with Gasteiger partial charge in [-0.25, -0.2) is 13.1 Å². The molecule has 1 aliphatic rings. The Labute approximate surface area is 229 Å². The molecule has 1 unspecified atom stereocenters. The summed E-state index contributed by atoms with van der Waals surface area (Å²) in [6, 6.07) is 17.9. The van der Waals surface area contributed by atoms with Gasteiger partial charge in [0, 0.05) is 36.9 Å². The minimum atomic E-state index is -3.33. The van der Waals surface area contributed by atoms with Gasteiger partial charge < -0.3 is 0 Å². The topological polar surface area (TPSA) is 62.3 Å². The number of benzene rings is 2. The van der Waals surface area contributed by atoms with Crippen LogP contribution < -0.4 is 4.72 Å². The molecule has 0 aliphatic carbocycles. The molecule has 38 heavy (non-hydrogen) atoms. The smallest absolute Gasteiger partial charge is 0.209 e. The van der Waals surface area contributed by atoms with Crippen LogP contribution in [0.25, 0.3) is 11.3 Å². The first-order chi connectivity index (χ1) is 18.1. The quantitative estimate of drug-likeness (QED) is 0.329. The molecule has 0 fully saturated rings. The van der Waals surface area contributed by atoms with Crippen LogP contribution in [-0.2, 0) is 42.4 Å². The van der Waals surface area contributed by atoms with E-state index in [-0.39, 0.29) is 6.54 Å². The predicted molar refractivity (Wildman–Crippen MR) is 158 cm³/mol. The van der Waals surface area contributed by atoms with Gasteiger partial charge in [-0.05, 0) is 78.0 Å². The number of hydrogen-bond donors (Lipinski definition) is 1. The molecule has 0 amide bonds. The van der Waals surface area contributed by atoms with Gasteiger partial charge >= 0.3 is 0 Å². The first kappa shape index (κ1) is 28.5. The molecule has 4 rings (SSSR count). The monoisotopic (exact) mass is 533 g/mol. The highest BCUT2D eigenvalue weighted by atomic mass is 32.2. The predicted octanol–water partition coefficient (Wildman–Crippen LogP) is 6.38. The molecule has 0 bridgehead atoms. The zero-order valence-electron chi connectivity index (χ0n) is 23.8. The van der Waals surface area contributed by atoms with Crippen LogP contribution in [0.5, 0.6) is 0 Å². The summed E-state index contributed by atoms with van der Waals surface area (Å²) in [6.45, 7) is 13.0. The van der Waals surface area contributed by atoms with Crippen molar-refractivity contribution >= 4 is 10.0 Å². The Morgan fingerprint density at radius 3 is 2.50 bits per heavy atom. The first-order valence-electron chi connectivity index (χ1n) is 14.0. The Hall–Kier alpha value is -2.54. The number of aryl methyl sites for hydroxylation is 3. The molecule has 1 aliphatic heterocycles. The molecule has 1 atom stereocenters. The lowest BCUT2D eigenvalue weighted by Crippen LogP contribution is -2.36. The molecule has 0 spiro atoms. The van der Waals surface area contributed by atoms with E-state index < -0.39 is 10.0 Å². The van der Waals surface area contributed by atoms with Gasteiger partial charge in [0.1, 0.15) is 0 Å². The van der Waals surface area contributed by atoms with Gasteiger partial charge in [-0.1, -0.05) is 70.2 Å². The minimum absolute atomic E-state index is 0.262. The average Bonchev–Trinajstić information content (AvgIpc) is 2.88. The molecule has 6 heteroatoms. The highest BCUT2D eigenvalue weighted by Gasteiger charge is 2.29. The second kappa shape index (κ2) is 12.1. The van der Waals surface area contributed by atoms with Crippen molar-refractivity contribution in [3.8, 4) is 11.3 Å². The molecule has 5 nitrogen and oxygen atoms in total. The van der Waals surface area contributed by atoms with E-state index in [0.29, 0.717) is 12.0 Å². The lowest BCUT2D eigenvalue weighted by atomic mass is 9.87. The molecule has 1 aromatic heterocycles. The molecular formula is C32H43N3O2S. The maximum atomic E-state index is 12.1. The second-order valence-electron chi connectivity index (χ2n) is 11.1. The Morgan fingerprint density at radius 1 is 1.05 bits per heavy atom. The normalized spacial score (nSPS) is 16.1. The molecule has 0 radical (unpaired) electrons. The van der Waals surface area contributed by atoms with Gasteiger partial charge in [0.25, 0.3) is 0 Å². The van der Waals surface area contributed by atoms with Crippen molar-refractivity contribution in [1.82, 2.24) is 14.6 Å². The molecule has 1 N–H and O–H groups in total. The lowest BCUT2D eigenvalue weighted by Gasteiger charge is -2.39. The zero-order valence-corrected chi connectivity index (χ0v) is 24.7. The lowest BCUT2D eigenvalue weighted by molar-refractivity contribution is 0.153. The van der Waals surface area contributed by atoms with Crippen LogP contribution in [-0.4, -0.2) is 31.1 Å². The van der Waals surface area contributed by atoms with E-state index in [2.05, 4.69) is 92.8 Å². The summed E-state index contributed by atoms with van der Waals surface area (Å²) in [5, 5.41) is 0. The molecule has 2 aromatic carbocycles. The molecule has 0 saturated carbocycles. The molecule has 0 saturated heterocycles. The van der Waals surface area contributed by atoms with Crippen molar-refractivity contribution in [1.29, 1.82) is 0 Å². The standard InChI is InChI=1S/C32H43N3O2S/c1-7-24-13-14-28(25(8-2)18-24)31-19-27(20-33-38(6,36)37)30(23(5)34-31)21-35-16-15-26-11-9-10-12-29(26)32(35)17-22(3)4/h9-14,18-19,22,32-33H,7-8,15-17,20-21H2,1-6H3. The van der Waals surface area contributed by atoms with Crippen molar-refractivity contribution in [2.75, 3.05) is 12.8 Å². The number of pyridine rings is 1. The molecular weight excluding hydrogens is 490 g/mol. The highest BCUT2D eigenvalue weighted by molar-refractivity contribution is 7.88. The maximum Gasteiger partial charge on any atom is 0.209 e. The van der Waals surface area contributed by atoms with Crippen LogP contribution in [0.1, 0.15) is 79.2 Å². The summed E-state index contributed by atoms with van der Waals surface area (Å²) in [5.74, 6) is 0.570. The van der Waals surface area contributed by atoms with Crippen LogP contribution in [0, 0.1) is 12.8 Å². The third-order valence-corrected chi connectivity index (χ3v) is 8.43. The highest BCUT2D eigenvalue weighted by Crippen LogP contribution is 2.36.